The van der Waals surface area contributed by atoms with E-state index >= 15 is 0 Å². The summed E-state index contributed by atoms with van der Waals surface area (Å²) in [5.74, 6) is 0.433. The van der Waals surface area contributed by atoms with E-state index in [1.54, 1.807) is 67.1 Å². The highest BCUT2D eigenvalue weighted by Crippen LogP contribution is 2.29. The maximum Gasteiger partial charge on any atom is 0.252 e. The fourth-order valence-electron chi connectivity index (χ4n) is 3.61. The zero-order valence-electron chi connectivity index (χ0n) is 17.6. The molecule has 0 atom stereocenters. The highest BCUT2D eigenvalue weighted by molar-refractivity contribution is 6.31. The Bertz CT molecular complexity index is 1550. The van der Waals surface area contributed by atoms with Gasteiger partial charge in [-0.3, -0.25) is 19.6 Å². The monoisotopic (exact) mass is 472 g/mol. The maximum atomic E-state index is 12.9. The van der Waals surface area contributed by atoms with Crippen molar-refractivity contribution in [2.75, 3.05) is 6.61 Å². The van der Waals surface area contributed by atoms with Crippen molar-refractivity contribution in [3.63, 3.8) is 0 Å². The molecule has 0 saturated carbocycles. The molecule has 0 fully saturated rings. The fraction of sp³-hybridized carbons (Fsp3) is 0.0400. The summed E-state index contributed by atoms with van der Waals surface area (Å²) in [5.41, 5.74) is 7.39. The van der Waals surface area contributed by atoms with Crippen LogP contribution in [-0.2, 0) is 0 Å². The second-order valence-electron chi connectivity index (χ2n) is 7.47. The number of aromatic nitrogens is 3. The number of ketones is 1. The minimum atomic E-state index is -0.683. The van der Waals surface area contributed by atoms with Gasteiger partial charge in [0.15, 0.2) is 6.61 Å². The predicted octanol–water partition coefficient (Wildman–Crippen LogP) is 4.92. The van der Waals surface area contributed by atoms with E-state index in [-0.39, 0.29) is 23.7 Å². The van der Waals surface area contributed by atoms with Gasteiger partial charge in [-0.25, -0.2) is 0 Å². The highest BCUT2D eigenvalue weighted by atomic mass is 35.5. The molecule has 0 aliphatic carbocycles. The first kappa shape index (κ1) is 21.4. The smallest absolute Gasteiger partial charge is 0.252 e. The second-order valence-corrected chi connectivity index (χ2v) is 7.91. The first-order valence-corrected chi connectivity index (χ1v) is 10.6. The first-order chi connectivity index (χ1) is 16.5. The van der Waals surface area contributed by atoms with Gasteiger partial charge < -0.3 is 20.2 Å². The number of carbonyl (C=O) groups excluding carboxylic acids is 2. The molecule has 8 nitrogen and oxygen atoms in total. The van der Waals surface area contributed by atoms with Gasteiger partial charge in [0.2, 0.25) is 5.78 Å². The summed E-state index contributed by atoms with van der Waals surface area (Å²) in [7, 11) is 0. The number of amides is 1. The van der Waals surface area contributed by atoms with Crippen LogP contribution in [0.4, 0.5) is 0 Å². The lowest BCUT2D eigenvalue weighted by Crippen LogP contribution is -2.16. The lowest BCUT2D eigenvalue weighted by molar-refractivity contribution is 0.0914. The molecule has 3 N–H and O–H groups in total. The summed E-state index contributed by atoms with van der Waals surface area (Å²) in [6.07, 6.45) is 6.38. The molecule has 34 heavy (non-hydrogen) atoms. The van der Waals surface area contributed by atoms with Crippen molar-refractivity contribution >= 4 is 45.1 Å². The topological polar surface area (TPSA) is 120 Å². The lowest BCUT2D eigenvalue weighted by atomic mass is 10.1. The van der Waals surface area contributed by atoms with Crippen molar-refractivity contribution in [3.8, 4) is 17.2 Å². The van der Waals surface area contributed by atoms with Crippen LogP contribution in [0.3, 0.4) is 0 Å². The average molecular weight is 473 g/mol. The lowest BCUT2D eigenvalue weighted by Gasteiger charge is -2.11. The first-order valence-electron chi connectivity index (χ1n) is 10.2. The Labute approximate surface area is 198 Å². The van der Waals surface area contributed by atoms with Crippen LogP contribution in [0.1, 0.15) is 20.7 Å². The number of benzene rings is 2. The molecule has 5 rings (SSSR count). The van der Waals surface area contributed by atoms with E-state index in [0.29, 0.717) is 33.0 Å². The molecule has 0 unspecified atom stereocenters. The summed E-state index contributed by atoms with van der Waals surface area (Å²) in [5, 5.41) is 1.79. The van der Waals surface area contributed by atoms with Gasteiger partial charge in [0.25, 0.3) is 5.91 Å². The average Bonchev–Trinajstić information content (AvgIpc) is 3.26. The predicted molar refractivity (Wildman–Crippen MR) is 128 cm³/mol. The van der Waals surface area contributed by atoms with E-state index in [1.165, 1.54) is 6.20 Å². The molecule has 0 radical (unpaired) electrons. The molecule has 0 aliphatic rings. The van der Waals surface area contributed by atoms with Crippen LogP contribution in [0.25, 0.3) is 21.8 Å². The highest BCUT2D eigenvalue weighted by Gasteiger charge is 2.17. The number of halogens is 1. The third-order valence-electron chi connectivity index (χ3n) is 5.20. The minimum absolute atomic E-state index is 0.139. The summed E-state index contributed by atoms with van der Waals surface area (Å²) < 4.78 is 11.5. The fourth-order valence-corrected chi connectivity index (χ4v) is 3.77. The van der Waals surface area contributed by atoms with Crippen molar-refractivity contribution in [3.05, 3.63) is 89.5 Å². The van der Waals surface area contributed by atoms with Crippen LogP contribution < -0.4 is 15.2 Å². The van der Waals surface area contributed by atoms with Crippen LogP contribution in [0.5, 0.6) is 17.2 Å². The van der Waals surface area contributed by atoms with Crippen LogP contribution in [0.15, 0.2) is 73.3 Å². The molecule has 2 aromatic carbocycles. The number of rotatable bonds is 7. The number of Topliss-reactive ketones (excluding diaryl/α,β-unsaturated/α-hetero) is 1. The summed E-state index contributed by atoms with van der Waals surface area (Å²) in [6, 6.07) is 13.7. The van der Waals surface area contributed by atoms with Crippen molar-refractivity contribution in [2.45, 2.75) is 0 Å². The molecule has 0 bridgehead atoms. The molecule has 0 saturated heterocycles. The zero-order chi connectivity index (χ0) is 23.7. The normalized spacial score (nSPS) is 11.0. The van der Waals surface area contributed by atoms with Gasteiger partial charge in [-0.15, -0.1) is 0 Å². The maximum absolute atomic E-state index is 12.9. The molecule has 0 spiro atoms. The van der Waals surface area contributed by atoms with Crippen LogP contribution in [0, 0.1) is 0 Å². The van der Waals surface area contributed by atoms with Crippen LogP contribution >= 0.6 is 11.6 Å². The summed E-state index contributed by atoms with van der Waals surface area (Å²) in [6.45, 7) is -0.291. The number of hydrogen-bond acceptors (Lipinski definition) is 6. The van der Waals surface area contributed by atoms with E-state index in [0.717, 1.165) is 10.9 Å². The number of carbonyl (C=O) groups is 2. The van der Waals surface area contributed by atoms with Gasteiger partial charge in [-0.2, -0.15) is 0 Å². The van der Waals surface area contributed by atoms with E-state index in [4.69, 9.17) is 26.8 Å². The number of nitrogens with one attached hydrogen (secondary N) is 1. The Morgan fingerprint density at radius 3 is 2.71 bits per heavy atom. The Kier molecular flexibility index (Phi) is 5.57. The van der Waals surface area contributed by atoms with Crippen molar-refractivity contribution in [2.24, 2.45) is 5.73 Å². The summed E-state index contributed by atoms with van der Waals surface area (Å²) in [4.78, 5) is 36.2. The minimum Gasteiger partial charge on any atom is -0.485 e. The SMILES string of the molecule is NC(=O)c1cc2cc(Cl)cnc2cc1OCC(=O)c1c[nH]c2cc(Oc3cccnc3)ccc12. The number of fused-ring (bicyclic) bond motifs is 2. The molecule has 3 aromatic heterocycles. The van der Waals surface area contributed by atoms with Gasteiger partial charge in [0, 0.05) is 52.6 Å². The van der Waals surface area contributed by atoms with E-state index in [9.17, 15) is 9.59 Å². The number of nitrogens with zero attached hydrogens (tertiary/aromatic N) is 2. The molecular formula is C25H17ClN4O4. The van der Waals surface area contributed by atoms with E-state index in [2.05, 4.69) is 15.0 Å². The van der Waals surface area contributed by atoms with E-state index in [1.807, 2.05) is 0 Å². The number of aromatic amines is 1. The molecule has 0 aliphatic heterocycles. The second kappa shape index (κ2) is 8.84. The Hall–Kier alpha value is -4.43. The Morgan fingerprint density at radius 2 is 1.91 bits per heavy atom. The largest absolute Gasteiger partial charge is 0.485 e. The van der Waals surface area contributed by atoms with Crippen molar-refractivity contribution in [1.82, 2.24) is 15.0 Å². The molecule has 168 valence electrons. The number of primary amides is 1. The van der Waals surface area contributed by atoms with Gasteiger partial charge in [0.05, 0.1) is 22.3 Å². The zero-order valence-corrected chi connectivity index (χ0v) is 18.4. The van der Waals surface area contributed by atoms with Crippen LogP contribution in [0.2, 0.25) is 5.02 Å². The Morgan fingerprint density at radius 1 is 1.03 bits per heavy atom. The molecule has 3 heterocycles. The third kappa shape index (κ3) is 4.26. The summed E-state index contributed by atoms with van der Waals surface area (Å²) >= 11 is 5.98. The van der Waals surface area contributed by atoms with Crippen LogP contribution in [-0.4, -0.2) is 33.2 Å². The van der Waals surface area contributed by atoms with Gasteiger partial charge in [-0.05, 0) is 36.4 Å². The molecular weight excluding hydrogens is 456 g/mol. The molecule has 9 heteroatoms. The molecule has 1 amide bonds. The van der Waals surface area contributed by atoms with Gasteiger partial charge in [-0.1, -0.05) is 11.6 Å². The number of H-pyrrole nitrogens is 1. The van der Waals surface area contributed by atoms with E-state index < -0.39 is 5.91 Å². The Balaban J connectivity index is 1.37. The van der Waals surface area contributed by atoms with Crippen molar-refractivity contribution in [1.29, 1.82) is 0 Å². The molecule has 5 aromatic rings. The van der Waals surface area contributed by atoms with Gasteiger partial charge in [0.1, 0.15) is 17.2 Å². The number of nitrogens with two attached hydrogens (primary N) is 1. The number of hydrogen-bond donors (Lipinski definition) is 2. The number of ether oxygens (including phenoxy) is 2. The van der Waals surface area contributed by atoms with Gasteiger partial charge >= 0.3 is 0 Å². The quantitative estimate of drug-likeness (QED) is 0.324. The van der Waals surface area contributed by atoms with Crippen molar-refractivity contribution < 1.29 is 19.1 Å². The third-order valence-corrected chi connectivity index (χ3v) is 5.40. The standard InChI is InChI=1S/C25H17ClN4O4/c26-15-6-14-7-19(25(27)32)24(9-21(14)29-10-15)33-13-23(31)20-12-30-22-8-16(3-4-18(20)22)34-17-2-1-5-28-11-17/h1-12,30H,13H2,(H2,27,32). The number of pyridine rings is 2.